The number of aromatic amines is 1. The van der Waals surface area contributed by atoms with Crippen LogP contribution in [0.1, 0.15) is 25.3 Å². The molecule has 3 aromatic heterocycles. The van der Waals surface area contributed by atoms with Gasteiger partial charge < -0.3 is 20.4 Å². The highest BCUT2D eigenvalue weighted by atomic mass is 16.5. The van der Waals surface area contributed by atoms with Crippen LogP contribution in [0.3, 0.4) is 0 Å². The van der Waals surface area contributed by atoms with Crippen molar-refractivity contribution < 1.29 is 9.53 Å². The topological polar surface area (TPSA) is 154 Å². The Balaban J connectivity index is 1.62. The molecule has 1 unspecified atom stereocenters. The van der Waals surface area contributed by atoms with Crippen molar-refractivity contribution in [2.45, 2.75) is 38.9 Å². The van der Waals surface area contributed by atoms with Gasteiger partial charge in [-0.1, -0.05) is 12.1 Å². The molecule has 182 valence electrons. The summed E-state index contributed by atoms with van der Waals surface area (Å²) in [4.78, 5) is 57.0. The molecule has 0 saturated carbocycles. The van der Waals surface area contributed by atoms with Crippen molar-refractivity contribution in [1.82, 2.24) is 29.1 Å². The van der Waals surface area contributed by atoms with Gasteiger partial charge in [-0.3, -0.25) is 18.7 Å². The van der Waals surface area contributed by atoms with Crippen LogP contribution in [0.25, 0.3) is 22.1 Å². The minimum absolute atomic E-state index is 0.000678. The fraction of sp³-hybridized carbons (Fsp3) is 0.391. The van der Waals surface area contributed by atoms with Gasteiger partial charge in [0.1, 0.15) is 12.9 Å². The molecule has 0 bridgehead atoms. The lowest BCUT2D eigenvalue weighted by molar-refractivity contribution is -0.143. The summed E-state index contributed by atoms with van der Waals surface area (Å²) in [6.07, 6.45) is 4.93. The predicted octanol–water partition coefficient (Wildman–Crippen LogP) is 0.368. The monoisotopic (exact) mass is 478 g/mol. The van der Waals surface area contributed by atoms with E-state index in [2.05, 4.69) is 19.9 Å². The molecule has 3 N–H and O–H groups in total. The largest absolute Gasteiger partial charge is 0.465 e. The van der Waals surface area contributed by atoms with Crippen molar-refractivity contribution in [3.63, 3.8) is 0 Å². The molecule has 0 aliphatic carbocycles. The Hall–Kier alpha value is -4.06. The van der Waals surface area contributed by atoms with E-state index in [-0.39, 0.29) is 36.9 Å². The first kappa shape index (κ1) is 22.7. The first-order valence-electron chi connectivity index (χ1n) is 11.5. The molecule has 12 heteroatoms. The maximum Gasteiger partial charge on any atom is 0.333 e. The summed E-state index contributed by atoms with van der Waals surface area (Å²) in [5.41, 5.74) is 6.61. The number of anilines is 1. The van der Waals surface area contributed by atoms with Crippen molar-refractivity contribution >= 4 is 34.0 Å². The Kier molecular flexibility index (Phi) is 6.03. The quantitative estimate of drug-likeness (QED) is 0.374. The van der Waals surface area contributed by atoms with E-state index in [0.717, 1.165) is 29.3 Å². The van der Waals surface area contributed by atoms with E-state index in [0.29, 0.717) is 23.6 Å². The number of carbonyl (C=O) groups is 1. The number of esters is 1. The lowest BCUT2D eigenvalue weighted by Crippen LogP contribution is -2.43. The molecule has 0 radical (unpaired) electrons. The number of carbonyl (C=O) groups excluding carboxylic acids is 1. The van der Waals surface area contributed by atoms with E-state index in [1.54, 1.807) is 19.2 Å². The van der Waals surface area contributed by atoms with E-state index in [1.165, 1.54) is 10.9 Å². The van der Waals surface area contributed by atoms with Crippen LogP contribution in [0.15, 0.2) is 40.3 Å². The Morgan fingerprint density at radius 2 is 2.14 bits per heavy atom. The van der Waals surface area contributed by atoms with Gasteiger partial charge >= 0.3 is 11.7 Å². The Bertz CT molecular complexity index is 1520. The summed E-state index contributed by atoms with van der Waals surface area (Å²) in [6, 6.07) is 5.44. The summed E-state index contributed by atoms with van der Waals surface area (Å²) >= 11 is 0. The Morgan fingerprint density at radius 1 is 1.29 bits per heavy atom. The van der Waals surface area contributed by atoms with Gasteiger partial charge in [-0.15, -0.1) is 0 Å². The molecule has 1 aliphatic heterocycles. The molecule has 1 aromatic carbocycles. The second-order valence-corrected chi connectivity index (χ2v) is 8.59. The minimum atomic E-state index is -0.647. The number of nitrogens with zero attached hydrogens (tertiary/aromatic N) is 6. The van der Waals surface area contributed by atoms with Gasteiger partial charge in [0, 0.05) is 30.7 Å². The van der Waals surface area contributed by atoms with Gasteiger partial charge in [0.05, 0.1) is 18.7 Å². The fourth-order valence-corrected chi connectivity index (χ4v) is 4.42. The number of fused-ring (bicyclic) bond motifs is 2. The molecule has 0 spiro atoms. The van der Waals surface area contributed by atoms with Gasteiger partial charge in [0.2, 0.25) is 5.95 Å². The van der Waals surface area contributed by atoms with Gasteiger partial charge in [-0.25, -0.2) is 14.8 Å². The van der Waals surface area contributed by atoms with Crippen LogP contribution in [0.5, 0.6) is 0 Å². The predicted molar refractivity (Wildman–Crippen MR) is 129 cm³/mol. The molecule has 1 aliphatic rings. The van der Waals surface area contributed by atoms with Gasteiger partial charge in [0.25, 0.3) is 5.56 Å². The first-order chi connectivity index (χ1) is 16.9. The van der Waals surface area contributed by atoms with E-state index in [1.807, 2.05) is 17.0 Å². The van der Waals surface area contributed by atoms with E-state index < -0.39 is 17.2 Å². The zero-order valence-electron chi connectivity index (χ0n) is 19.3. The van der Waals surface area contributed by atoms with Crippen LogP contribution in [0, 0.1) is 0 Å². The van der Waals surface area contributed by atoms with Gasteiger partial charge in [-0.2, -0.15) is 4.98 Å². The summed E-state index contributed by atoms with van der Waals surface area (Å²) in [6.45, 7) is 2.80. The molecule has 0 amide bonds. The van der Waals surface area contributed by atoms with Crippen LogP contribution in [-0.2, 0) is 22.6 Å². The second-order valence-electron chi connectivity index (χ2n) is 8.59. The van der Waals surface area contributed by atoms with Crippen molar-refractivity contribution in [3.8, 4) is 0 Å². The summed E-state index contributed by atoms with van der Waals surface area (Å²) in [5, 5.41) is 0.844. The summed E-state index contributed by atoms with van der Waals surface area (Å²) < 4.78 is 7.33. The lowest BCUT2D eigenvalue weighted by Gasteiger charge is -2.30. The zero-order chi connectivity index (χ0) is 24.5. The zero-order valence-corrected chi connectivity index (χ0v) is 19.3. The van der Waals surface area contributed by atoms with Crippen LogP contribution < -0.4 is 21.9 Å². The van der Waals surface area contributed by atoms with Crippen molar-refractivity contribution in [2.75, 3.05) is 24.6 Å². The van der Waals surface area contributed by atoms with Crippen molar-refractivity contribution in [3.05, 3.63) is 57.1 Å². The molecular weight excluding hydrogens is 452 g/mol. The highest BCUT2D eigenvalue weighted by Crippen LogP contribution is 2.19. The van der Waals surface area contributed by atoms with Gasteiger partial charge in [0.15, 0.2) is 11.2 Å². The number of benzene rings is 1. The van der Waals surface area contributed by atoms with Crippen LogP contribution >= 0.6 is 0 Å². The molecule has 1 fully saturated rings. The van der Waals surface area contributed by atoms with Crippen LogP contribution in [0.4, 0.5) is 5.95 Å². The maximum atomic E-state index is 13.5. The highest BCUT2D eigenvalue weighted by Gasteiger charge is 2.24. The fourth-order valence-electron chi connectivity index (χ4n) is 4.42. The smallest absolute Gasteiger partial charge is 0.333 e. The van der Waals surface area contributed by atoms with Gasteiger partial charge in [-0.05, 0) is 31.4 Å². The molecule has 1 saturated heterocycles. The third-order valence-electron chi connectivity index (χ3n) is 6.11. The average molecular weight is 479 g/mol. The molecule has 5 rings (SSSR count). The Labute approximate surface area is 199 Å². The molecular formula is C23H26N8O4. The molecule has 35 heavy (non-hydrogen) atoms. The third-order valence-corrected chi connectivity index (χ3v) is 6.11. The number of piperidine rings is 1. The standard InChI is InChI=1S/C23H26N8O4/c1-2-35-18(32)12-30-20-19(27-22(28-20)29-7-3-4-16(24)11-29)21(33)31(23(30)34)10-14-5-6-15-9-25-13-26-17(15)8-14/h5-6,8-9,13,16H,2-4,7,10-12,24H2,1H3,(H,27,28). The number of rotatable bonds is 6. The number of nitrogens with one attached hydrogen (secondary N) is 1. The summed E-state index contributed by atoms with van der Waals surface area (Å²) in [7, 11) is 0. The molecule has 12 nitrogen and oxygen atoms in total. The number of hydrogen-bond acceptors (Lipinski definition) is 9. The number of nitrogens with two attached hydrogens (primary N) is 1. The Morgan fingerprint density at radius 3 is 2.94 bits per heavy atom. The molecule has 4 aromatic rings. The number of aromatic nitrogens is 6. The molecule has 1 atom stereocenters. The number of H-pyrrole nitrogens is 1. The van der Waals surface area contributed by atoms with Crippen LogP contribution in [0.2, 0.25) is 0 Å². The normalized spacial score (nSPS) is 16.2. The second kappa shape index (κ2) is 9.29. The maximum absolute atomic E-state index is 13.5. The third kappa shape index (κ3) is 4.39. The number of hydrogen-bond donors (Lipinski definition) is 2. The lowest BCUT2D eigenvalue weighted by atomic mass is 10.1. The van der Waals surface area contributed by atoms with E-state index in [4.69, 9.17) is 10.5 Å². The van der Waals surface area contributed by atoms with Crippen LogP contribution in [-0.4, -0.2) is 60.8 Å². The number of ether oxygens (including phenoxy) is 1. The average Bonchev–Trinajstić information content (AvgIpc) is 3.30. The minimum Gasteiger partial charge on any atom is -0.465 e. The molecule has 4 heterocycles. The van der Waals surface area contributed by atoms with E-state index in [9.17, 15) is 14.4 Å². The summed E-state index contributed by atoms with van der Waals surface area (Å²) in [5.74, 6) is -0.141. The highest BCUT2D eigenvalue weighted by molar-refractivity contribution is 5.78. The number of imidazole rings is 1. The SMILES string of the molecule is CCOC(=O)Cn1c(=O)n(Cc2ccc3cncnc3c2)c(=O)c2[nH]c(N3CCCC(N)C3)nc21. The van der Waals surface area contributed by atoms with E-state index >= 15 is 0 Å². The van der Waals surface area contributed by atoms with Crippen molar-refractivity contribution in [2.24, 2.45) is 5.73 Å². The first-order valence-corrected chi connectivity index (χ1v) is 11.5. The van der Waals surface area contributed by atoms with Crippen molar-refractivity contribution in [1.29, 1.82) is 0 Å².